The lowest BCUT2D eigenvalue weighted by atomic mass is 10.1. The summed E-state index contributed by atoms with van der Waals surface area (Å²) in [5, 5.41) is 0. The smallest absolute Gasteiger partial charge is 0.254 e. The number of carbonyl (C=O) groups is 2. The van der Waals surface area contributed by atoms with Crippen molar-refractivity contribution in [2.75, 3.05) is 47.0 Å². The van der Waals surface area contributed by atoms with E-state index in [2.05, 4.69) is 0 Å². The second kappa shape index (κ2) is 7.79. The quantitative estimate of drug-likeness (QED) is 0.815. The molecule has 1 heterocycles. The van der Waals surface area contributed by atoms with Gasteiger partial charge in [-0.3, -0.25) is 9.59 Å². The van der Waals surface area contributed by atoms with Crippen LogP contribution in [0.25, 0.3) is 0 Å². The highest BCUT2D eigenvalue weighted by Gasteiger charge is 2.24. The van der Waals surface area contributed by atoms with Crippen LogP contribution in [0.1, 0.15) is 16.8 Å². The van der Waals surface area contributed by atoms with Crippen LogP contribution in [-0.4, -0.2) is 68.6 Å². The summed E-state index contributed by atoms with van der Waals surface area (Å²) in [7, 11) is 3.16. The molecule has 22 heavy (non-hydrogen) atoms. The molecule has 2 amide bonds. The molecule has 0 unspecified atom stereocenters. The second-order valence-electron chi connectivity index (χ2n) is 5.15. The number of rotatable bonds is 5. The minimum absolute atomic E-state index is 0.0251. The number of benzene rings is 1. The van der Waals surface area contributed by atoms with Gasteiger partial charge in [-0.1, -0.05) is 6.07 Å². The van der Waals surface area contributed by atoms with E-state index in [9.17, 15) is 9.59 Å². The Kier molecular flexibility index (Phi) is 5.77. The Bertz CT molecular complexity index is 525. The van der Waals surface area contributed by atoms with Crippen LogP contribution in [0.15, 0.2) is 24.3 Å². The number of nitrogens with zero attached hydrogens (tertiary/aromatic N) is 2. The third kappa shape index (κ3) is 3.98. The van der Waals surface area contributed by atoms with Crippen LogP contribution in [-0.2, 0) is 9.53 Å². The van der Waals surface area contributed by atoms with Crippen molar-refractivity contribution in [1.29, 1.82) is 0 Å². The number of ether oxygens (including phenoxy) is 2. The summed E-state index contributed by atoms with van der Waals surface area (Å²) in [6.07, 6.45) is 0.389. The minimum atomic E-state index is -0.0251. The Morgan fingerprint density at radius 3 is 2.41 bits per heavy atom. The van der Waals surface area contributed by atoms with Crippen LogP contribution in [0.4, 0.5) is 0 Å². The molecule has 2 rings (SSSR count). The number of hydrogen-bond donors (Lipinski definition) is 0. The van der Waals surface area contributed by atoms with Gasteiger partial charge in [0.15, 0.2) is 0 Å². The van der Waals surface area contributed by atoms with Crippen LogP contribution in [0, 0.1) is 0 Å². The van der Waals surface area contributed by atoms with Gasteiger partial charge < -0.3 is 19.3 Å². The first-order chi connectivity index (χ1) is 10.7. The predicted molar refractivity (Wildman–Crippen MR) is 82.0 cm³/mol. The molecule has 120 valence electrons. The van der Waals surface area contributed by atoms with Crippen LogP contribution in [0.3, 0.4) is 0 Å². The number of carbonyl (C=O) groups excluding carboxylic acids is 2. The molecule has 1 aliphatic rings. The molecule has 0 spiro atoms. The Hall–Kier alpha value is -2.08. The number of hydrogen-bond acceptors (Lipinski definition) is 4. The molecule has 0 atom stereocenters. The van der Waals surface area contributed by atoms with Crippen molar-refractivity contribution in [2.45, 2.75) is 6.42 Å². The Labute approximate surface area is 130 Å². The van der Waals surface area contributed by atoms with E-state index in [-0.39, 0.29) is 11.8 Å². The topological polar surface area (TPSA) is 59.1 Å². The highest BCUT2D eigenvalue weighted by Crippen LogP contribution is 2.15. The standard InChI is InChI=1S/C16H22N2O4/c1-21-11-6-15(19)17-7-9-18(10-8-17)16(20)13-4-3-5-14(12-13)22-2/h3-5,12H,6-11H2,1-2H3. The summed E-state index contributed by atoms with van der Waals surface area (Å²) >= 11 is 0. The van der Waals surface area contributed by atoms with E-state index in [1.54, 1.807) is 42.2 Å². The Morgan fingerprint density at radius 1 is 1.09 bits per heavy atom. The first-order valence-electron chi connectivity index (χ1n) is 7.35. The molecular weight excluding hydrogens is 284 g/mol. The van der Waals surface area contributed by atoms with E-state index in [4.69, 9.17) is 9.47 Å². The first kappa shape index (κ1) is 16.3. The molecule has 0 bridgehead atoms. The van der Waals surface area contributed by atoms with E-state index in [0.29, 0.717) is 50.5 Å². The molecule has 0 N–H and O–H groups in total. The van der Waals surface area contributed by atoms with E-state index < -0.39 is 0 Å². The Balaban J connectivity index is 1.90. The van der Waals surface area contributed by atoms with E-state index >= 15 is 0 Å². The first-order valence-corrected chi connectivity index (χ1v) is 7.35. The van der Waals surface area contributed by atoms with Crippen molar-refractivity contribution in [2.24, 2.45) is 0 Å². The molecule has 6 nitrogen and oxygen atoms in total. The maximum atomic E-state index is 12.5. The summed E-state index contributed by atoms with van der Waals surface area (Å²) < 4.78 is 10.1. The SMILES string of the molecule is COCCC(=O)N1CCN(C(=O)c2cccc(OC)c2)CC1. The molecule has 1 aromatic carbocycles. The fourth-order valence-electron chi connectivity index (χ4n) is 2.45. The zero-order chi connectivity index (χ0) is 15.9. The van der Waals surface area contributed by atoms with Gasteiger partial charge in [-0.25, -0.2) is 0 Å². The van der Waals surface area contributed by atoms with Gasteiger partial charge in [0.1, 0.15) is 5.75 Å². The van der Waals surface area contributed by atoms with E-state index in [1.165, 1.54) is 0 Å². The maximum Gasteiger partial charge on any atom is 0.254 e. The zero-order valence-electron chi connectivity index (χ0n) is 13.1. The van der Waals surface area contributed by atoms with Gasteiger partial charge in [0, 0.05) is 38.9 Å². The lowest BCUT2D eigenvalue weighted by Gasteiger charge is -2.34. The van der Waals surface area contributed by atoms with Gasteiger partial charge in [-0.05, 0) is 18.2 Å². The molecule has 0 aromatic heterocycles. The monoisotopic (exact) mass is 306 g/mol. The molecule has 6 heteroatoms. The van der Waals surface area contributed by atoms with Gasteiger partial charge in [0.2, 0.25) is 5.91 Å². The van der Waals surface area contributed by atoms with Gasteiger partial charge in [-0.2, -0.15) is 0 Å². The van der Waals surface area contributed by atoms with Gasteiger partial charge >= 0.3 is 0 Å². The molecule has 0 saturated carbocycles. The number of methoxy groups -OCH3 is 2. The van der Waals surface area contributed by atoms with Gasteiger partial charge in [-0.15, -0.1) is 0 Å². The molecule has 1 fully saturated rings. The van der Waals surface area contributed by atoms with E-state index in [0.717, 1.165) is 0 Å². The second-order valence-corrected chi connectivity index (χ2v) is 5.15. The fraction of sp³-hybridized carbons (Fsp3) is 0.500. The van der Waals surface area contributed by atoms with Crippen molar-refractivity contribution in [1.82, 2.24) is 9.80 Å². The summed E-state index contributed by atoms with van der Waals surface area (Å²) in [6.45, 7) is 2.67. The highest BCUT2D eigenvalue weighted by molar-refractivity contribution is 5.94. The molecule has 1 aromatic rings. The Morgan fingerprint density at radius 2 is 1.77 bits per heavy atom. The summed E-state index contributed by atoms with van der Waals surface area (Å²) in [5.74, 6) is 0.720. The maximum absolute atomic E-state index is 12.5. The molecule has 0 radical (unpaired) electrons. The van der Waals surface area contributed by atoms with Crippen LogP contribution < -0.4 is 4.74 Å². The number of piperazine rings is 1. The fourth-order valence-corrected chi connectivity index (χ4v) is 2.45. The third-order valence-electron chi connectivity index (χ3n) is 3.76. The molecular formula is C16H22N2O4. The van der Waals surface area contributed by atoms with Gasteiger partial charge in [0.25, 0.3) is 5.91 Å². The average molecular weight is 306 g/mol. The molecule has 1 aliphatic heterocycles. The van der Waals surface area contributed by atoms with Gasteiger partial charge in [0.05, 0.1) is 20.1 Å². The highest BCUT2D eigenvalue weighted by atomic mass is 16.5. The third-order valence-corrected chi connectivity index (χ3v) is 3.76. The van der Waals surface area contributed by atoms with Crippen molar-refractivity contribution >= 4 is 11.8 Å². The molecule has 0 aliphatic carbocycles. The van der Waals surface area contributed by atoms with Crippen molar-refractivity contribution in [3.05, 3.63) is 29.8 Å². The van der Waals surface area contributed by atoms with Crippen molar-refractivity contribution in [3.63, 3.8) is 0 Å². The summed E-state index contributed by atoms with van der Waals surface area (Å²) in [6, 6.07) is 7.12. The summed E-state index contributed by atoms with van der Waals surface area (Å²) in [5.41, 5.74) is 0.610. The lowest BCUT2D eigenvalue weighted by Crippen LogP contribution is -2.50. The average Bonchev–Trinajstić information content (AvgIpc) is 2.59. The zero-order valence-corrected chi connectivity index (χ0v) is 13.1. The van der Waals surface area contributed by atoms with Crippen LogP contribution in [0.5, 0.6) is 5.75 Å². The van der Waals surface area contributed by atoms with Crippen molar-refractivity contribution in [3.8, 4) is 5.75 Å². The van der Waals surface area contributed by atoms with Crippen molar-refractivity contribution < 1.29 is 19.1 Å². The number of amides is 2. The van der Waals surface area contributed by atoms with E-state index in [1.807, 2.05) is 6.07 Å². The normalized spacial score (nSPS) is 14.8. The lowest BCUT2D eigenvalue weighted by molar-refractivity contribution is -0.133. The minimum Gasteiger partial charge on any atom is -0.497 e. The van der Waals surface area contributed by atoms with Crippen LogP contribution >= 0.6 is 0 Å². The largest absolute Gasteiger partial charge is 0.497 e. The predicted octanol–water partition coefficient (Wildman–Crippen LogP) is 1.02. The molecule has 1 saturated heterocycles. The van der Waals surface area contributed by atoms with Crippen LogP contribution in [0.2, 0.25) is 0 Å². The summed E-state index contributed by atoms with van der Waals surface area (Å²) in [4.78, 5) is 27.9.